The fourth-order valence-corrected chi connectivity index (χ4v) is 2.39. The van der Waals surface area contributed by atoms with Crippen LogP contribution in [-0.2, 0) is 11.2 Å². The molecule has 0 saturated carbocycles. The van der Waals surface area contributed by atoms with Crippen LogP contribution in [0.2, 0.25) is 0 Å². The van der Waals surface area contributed by atoms with Crippen LogP contribution in [-0.4, -0.2) is 34.4 Å². The van der Waals surface area contributed by atoms with Crippen LogP contribution in [0.3, 0.4) is 0 Å². The summed E-state index contributed by atoms with van der Waals surface area (Å²) in [6.45, 7) is 2.63. The number of hydrogen-bond acceptors (Lipinski definition) is 5. The lowest BCUT2D eigenvalue weighted by Gasteiger charge is -2.10. The van der Waals surface area contributed by atoms with Gasteiger partial charge in [-0.05, 0) is 6.42 Å². The minimum atomic E-state index is 0.0350. The number of aromatic nitrogens is 2. The molecule has 0 bridgehead atoms. The Labute approximate surface area is 91.7 Å². The van der Waals surface area contributed by atoms with Crippen LogP contribution >= 0.6 is 11.3 Å². The summed E-state index contributed by atoms with van der Waals surface area (Å²) in [6.07, 6.45) is 1.25. The van der Waals surface area contributed by atoms with Gasteiger partial charge < -0.3 is 5.11 Å². The van der Waals surface area contributed by atoms with E-state index in [-0.39, 0.29) is 18.4 Å². The Bertz CT molecular complexity index is 366. The monoisotopic (exact) mass is 227 g/mol. The SMILES string of the molecule is CCc1nnc(N2CC(CO)CC2=O)s1. The van der Waals surface area contributed by atoms with Crippen molar-refractivity contribution >= 4 is 22.4 Å². The maximum absolute atomic E-state index is 11.6. The third-order valence-corrected chi connectivity index (χ3v) is 3.54. The summed E-state index contributed by atoms with van der Waals surface area (Å²) < 4.78 is 0. The van der Waals surface area contributed by atoms with E-state index in [1.54, 1.807) is 4.90 Å². The molecule has 82 valence electrons. The third kappa shape index (κ3) is 2.00. The van der Waals surface area contributed by atoms with Gasteiger partial charge in [0.2, 0.25) is 11.0 Å². The third-order valence-electron chi connectivity index (χ3n) is 2.45. The summed E-state index contributed by atoms with van der Waals surface area (Å²) in [4.78, 5) is 13.2. The first kappa shape index (κ1) is 10.5. The number of aliphatic hydroxyl groups excluding tert-OH is 1. The molecule has 1 fully saturated rings. The first-order valence-corrected chi connectivity index (χ1v) is 5.79. The zero-order chi connectivity index (χ0) is 10.8. The van der Waals surface area contributed by atoms with E-state index in [2.05, 4.69) is 10.2 Å². The van der Waals surface area contributed by atoms with Gasteiger partial charge in [0.1, 0.15) is 5.01 Å². The largest absolute Gasteiger partial charge is 0.396 e. The van der Waals surface area contributed by atoms with Crippen LogP contribution in [0.4, 0.5) is 5.13 Å². The Kier molecular flexibility index (Phi) is 2.97. The lowest BCUT2D eigenvalue weighted by atomic mass is 10.1. The molecule has 0 spiro atoms. The van der Waals surface area contributed by atoms with Gasteiger partial charge in [0.05, 0.1) is 0 Å². The predicted octanol–water partition coefficient (Wildman–Crippen LogP) is 0.446. The van der Waals surface area contributed by atoms with Gasteiger partial charge in [-0.2, -0.15) is 0 Å². The van der Waals surface area contributed by atoms with Crippen molar-refractivity contribution in [2.24, 2.45) is 5.92 Å². The summed E-state index contributed by atoms with van der Waals surface area (Å²) >= 11 is 1.45. The topological polar surface area (TPSA) is 66.3 Å². The summed E-state index contributed by atoms with van der Waals surface area (Å²) in [5.74, 6) is 0.0827. The van der Waals surface area contributed by atoms with Gasteiger partial charge in [0, 0.05) is 25.5 Å². The van der Waals surface area contributed by atoms with Crippen LogP contribution in [0.15, 0.2) is 0 Å². The Balaban J connectivity index is 2.14. The lowest BCUT2D eigenvalue weighted by Crippen LogP contribution is -2.24. The molecule has 1 aromatic rings. The number of amides is 1. The predicted molar refractivity (Wildman–Crippen MR) is 56.8 cm³/mol. The molecular formula is C9H13N3O2S. The summed E-state index contributed by atoms with van der Waals surface area (Å²) in [6, 6.07) is 0. The number of carbonyl (C=O) groups excluding carboxylic acids is 1. The fourth-order valence-electron chi connectivity index (χ4n) is 1.59. The molecule has 1 amide bonds. The molecule has 1 N–H and O–H groups in total. The summed E-state index contributed by atoms with van der Waals surface area (Å²) in [7, 11) is 0. The lowest BCUT2D eigenvalue weighted by molar-refractivity contribution is -0.117. The van der Waals surface area contributed by atoms with Gasteiger partial charge in [0.25, 0.3) is 0 Å². The number of aliphatic hydroxyl groups is 1. The zero-order valence-corrected chi connectivity index (χ0v) is 9.33. The molecule has 15 heavy (non-hydrogen) atoms. The van der Waals surface area contributed by atoms with Crippen molar-refractivity contribution in [3.63, 3.8) is 0 Å². The highest BCUT2D eigenvalue weighted by atomic mass is 32.1. The molecule has 1 unspecified atom stereocenters. The van der Waals surface area contributed by atoms with Gasteiger partial charge in [-0.3, -0.25) is 9.69 Å². The number of rotatable bonds is 3. The van der Waals surface area contributed by atoms with Crippen LogP contribution < -0.4 is 4.90 Å². The number of nitrogens with zero attached hydrogens (tertiary/aromatic N) is 3. The standard InChI is InChI=1S/C9H13N3O2S/c1-2-7-10-11-9(15-7)12-4-6(5-13)3-8(12)14/h6,13H,2-5H2,1H3. The maximum Gasteiger partial charge on any atom is 0.229 e. The minimum Gasteiger partial charge on any atom is -0.396 e. The molecule has 0 radical (unpaired) electrons. The van der Waals surface area contributed by atoms with Crippen LogP contribution in [0, 0.1) is 5.92 Å². The Hall–Kier alpha value is -1.01. The van der Waals surface area contributed by atoms with Gasteiger partial charge in [-0.15, -0.1) is 10.2 Å². The molecule has 1 aliphatic rings. The molecular weight excluding hydrogens is 214 g/mol. The molecule has 1 atom stereocenters. The Morgan fingerprint density at radius 3 is 2.93 bits per heavy atom. The van der Waals surface area contributed by atoms with Crippen LogP contribution in [0.1, 0.15) is 18.4 Å². The molecule has 1 aromatic heterocycles. The molecule has 2 rings (SSSR count). The van der Waals surface area contributed by atoms with Crippen molar-refractivity contribution in [3.8, 4) is 0 Å². The van der Waals surface area contributed by atoms with E-state index in [0.29, 0.717) is 18.1 Å². The Morgan fingerprint density at radius 2 is 2.40 bits per heavy atom. The van der Waals surface area contributed by atoms with Crippen molar-refractivity contribution in [2.45, 2.75) is 19.8 Å². The van der Waals surface area contributed by atoms with E-state index in [0.717, 1.165) is 11.4 Å². The van der Waals surface area contributed by atoms with E-state index in [4.69, 9.17) is 5.11 Å². The fraction of sp³-hybridized carbons (Fsp3) is 0.667. The number of anilines is 1. The van der Waals surface area contributed by atoms with Crippen LogP contribution in [0.5, 0.6) is 0 Å². The van der Waals surface area contributed by atoms with Crippen molar-refractivity contribution in [1.29, 1.82) is 0 Å². The van der Waals surface area contributed by atoms with E-state index in [1.165, 1.54) is 11.3 Å². The second-order valence-corrected chi connectivity index (χ2v) is 4.63. The van der Waals surface area contributed by atoms with Gasteiger partial charge in [0.15, 0.2) is 0 Å². The maximum atomic E-state index is 11.6. The zero-order valence-electron chi connectivity index (χ0n) is 8.51. The molecule has 5 nitrogen and oxygen atoms in total. The molecule has 1 aliphatic heterocycles. The quantitative estimate of drug-likeness (QED) is 0.814. The highest BCUT2D eigenvalue weighted by Gasteiger charge is 2.31. The highest BCUT2D eigenvalue weighted by molar-refractivity contribution is 7.15. The second-order valence-electron chi connectivity index (χ2n) is 3.59. The molecule has 0 aliphatic carbocycles. The van der Waals surface area contributed by atoms with Gasteiger partial charge in [-0.1, -0.05) is 18.3 Å². The average molecular weight is 227 g/mol. The van der Waals surface area contributed by atoms with Crippen molar-refractivity contribution < 1.29 is 9.90 Å². The smallest absolute Gasteiger partial charge is 0.229 e. The highest BCUT2D eigenvalue weighted by Crippen LogP contribution is 2.27. The van der Waals surface area contributed by atoms with Crippen molar-refractivity contribution in [3.05, 3.63) is 5.01 Å². The van der Waals surface area contributed by atoms with Gasteiger partial charge in [-0.25, -0.2) is 0 Å². The first-order valence-electron chi connectivity index (χ1n) is 4.98. The Morgan fingerprint density at radius 1 is 1.60 bits per heavy atom. The van der Waals surface area contributed by atoms with Crippen molar-refractivity contribution in [1.82, 2.24) is 10.2 Å². The number of aryl methyl sites for hydroxylation is 1. The molecule has 0 aromatic carbocycles. The van der Waals surface area contributed by atoms with E-state index < -0.39 is 0 Å². The van der Waals surface area contributed by atoms with E-state index in [9.17, 15) is 4.79 Å². The van der Waals surface area contributed by atoms with Gasteiger partial charge >= 0.3 is 0 Å². The molecule has 6 heteroatoms. The average Bonchev–Trinajstić information content (AvgIpc) is 2.83. The molecule has 2 heterocycles. The van der Waals surface area contributed by atoms with Crippen molar-refractivity contribution in [2.75, 3.05) is 18.1 Å². The first-order chi connectivity index (χ1) is 7.24. The molecule has 1 saturated heterocycles. The number of carbonyl (C=O) groups is 1. The van der Waals surface area contributed by atoms with Crippen LogP contribution in [0.25, 0.3) is 0 Å². The second kappa shape index (κ2) is 4.24. The normalized spacial score (nSPS) is 21.3. The summed E-state index contributed by atoms with van der Waals surface area (Å²) in [5.41, 5.74) is 0. The van der Waals surface area contributed by atoms with E-state index in [1.807, 2.05) is 6.92 Å². The minimum absolute atomic E-state index is 0.0350. The van der Waals surface area contributed by atoms with E-state index >= 15 is 0 Å². The summed E-state index contributed by atoms with van der Waals surface area (Å²) in [5, 5.41) is 18.5. The number of hydrogen-bond donors (Lipinski definition) is 1.